The number of nitrogens with zero attached hydrogens (tertiary/aromatic N) is 4. The molecule has 0 heterocycles. The van der Waals surface area contributed by atoms with Crippen LogP contribution in [0.5, 0.6) is 0 Å². The Kier molecular flexibility index (Phi) is 4.23. The minimum atomic E-state index is -6.14. The Labute approximate surface area is 140 Å². The van der Waals surface area contributed by atoms with Gasteiger partial charge in [0, 0.05) is 0 Å². The van der Waals surface area contributed by atoms with E-state index in [1.165, 1.54) is 18.2 Å². The summed E-state index contributed by atoms with van der Waals surface area (Å²) in [6.45, 7) is 0. The van der Waals surface area contributed by atoms with E-state index in [1.807, 2.05) is 0 Å². The third-order valence-electron chi connectivity index (χ3n) is 3.85. The fourth-order valence-electron chi connectivity index (χ4n) is 2.34. The van der Waals surface area contributed by atoms with E-state index in [0.717, 1.165) is 12.1 Å². The molecule has 2 rings (SSSR count). The van der Waals surface area contributed by atoms with Crippen LogP contribution in [0, 0.1) is 28.1 Å². The Hall–Kier alpha value is -2.76. The number of azo groups is 1. The Bertz CT molecular complexity index is 762. The summed E-state index contributed by atoms with van der Waals surface area (Å²) in [6, 6.07) is 1.69. The SMILES string of the molecule is N#CC1(C#N)C(F)(F)C(F)(F)C(N=Nc2ccccc2)C(F)(F)C1(F)F. The molecule has 0 aromatic heterocycles. The predicted molar refractivity (Wildman–Crippen MR) is 68.2 cm³/mol. The predicted octanol–water partition coefficient (Wildman–Crippen LogP) is 4.73. The molecule has 0 spiro atoms. The van der Waals surface area contributed by atoms with Crippen molar-refractivity contribution in [2.24, 2.45) is 15.6 Å². The molecule has 0 amide bonds. The molecule has 0 aliphatic heterocycles. The number of alkyl halides is 8. The van der Waals surface area contributed by atoms with Gasteiger partial charge in [0.15, 0.2) is 0 Å². The molecular weight excluding hydrogens is 376 g/mol. The molecular formula is C14H6F8N4. The van der Waals surface area contributed by atoms with Crippen molar-refractivity contribution in [1.82, 2.24) is 0 Å². The summed E-state index contributed by atoms with van der Waals surface area (Å²) in [5.74, 6) is -24.2. The fraction of sp³-hybridized carbons (Fsp3) is 0.429. The van der Waals surface area contributed by atoms with Crippen molar-refractivity contribution in [3.05, 3.63) is 30.3 Å². The topological polar surface area (TPSA) is 72.3 Å². The fourth-order valence-corrected chi connectivity index (χ4v) is 2.34. The zero-order valence-electron chi connectivity index (χ0n) is 12.3. The van der Waals surface area contributed by atoms with Crippen LogP contribution in [-0.2, 0) is 0 Å². The van der Waals surface area contributed by atoms with E-state index in [4.69, 9.17) is 10.5 Å². The molecule has 26 heavy (non-hydrogen) atoms. The van der Waals surface area contributed by atoms with Crippen LogP contribution < -0.4 is 0 Å². The van der Waals surface area contributed by atoms with Gasteiger partial charge >= 0.3 is 23.7 Å². The van der Waals surface area contributed by atoms with Gasteiger partial charge in [0.05, 0.1) is 17.8 Å². The van der Waals surface area contributed by atoms with Crippen molar-refractivity contribution in [3.63, 3.8) is 0 Å². The lowest BCUT2D eigenvalue weighted by molar-refractivity contribution is -0.392. The normalized spacial score (nSPS) is 25.3. The second-order valence-corrected chi connectivity index (χ2v) is 5.32. The second kappa shape index (κ2) is 5.62. The van der Waals surface area contributed by atoms with E-state index >= 15 is 0 Å². The van der Waals surface area contributed by atoms with Gasteiger partial charge in [-0.05, 0) is 12.1 Å². The van der Waals surface area contributed by atoms with Gasteiger partial charge < -0.3 is 0 Å². The smallest absolute Gasteiger partial charge is 0.197 e. The summed E-state index contributed by atoms with van der Waals surface area (Å²) in [7, 11) is 0. The lowest BCUT2D eigenvalue weighted by Crippen LogP contribution is -2.78. The number of rotatable bonds is 2. The van der Waals surface area contributed by atoms with Gasteiger partial charge in [-0.25, -0.2) is 0 Å². The molecule has 1 aromatic rings. The largest absolute Gasteiger partial charge is 0.350 e. The summed E-state index contributed by atoms with van der Waals surface area (Å²) < 4.78 is 112. The van der Waals surface area contributed by atoms with E-state index in [-0.39, 0.29) is 17.8 Å². The van der Waals surface area contributed by atoms with E-state index in [9.17, 15) is 35.1 Å². The van der Waals surface area contributed by atoms with Crippen molar-refractivity contribution in [1.29, 1.82) is 10.5 Å². The first-order valence-electron chi connectivity index (χ1n) is 6.63. The van der Waals surface area contributed by atoms with Crippen molar-refractivity contribution in [3.8, 4) is 12.1 Å². The van der Waals surface area contributed by atoms with Gasteiger partial charge in [-0.1, -0.05) is 18.2 Å². The minimum absolute atomic E-state index is 0.0401. The van der Waals surface area contributed by atoms with Gasteiger partial charge in [-0.2, -0.15) is 55.9 Å². The van der Waals surface area contributed by atoms with Crippen molar-refractivity contribution < 1.29 is 35.1 Å². The van der Waals surface area contributed by atoms with Gasteiger partial charge in [-0.3, -0.25) is 0 Å². The highest BCUT2D eigenvalue weighted by Crippen LogP contribution is 2.66. The van der Waals surface area contributed by atoms with Crippen LogP contribution in [0.3, 0.4) is 0 Å². The van der Waals surface area contributed by atoms with Crippen LogP contribution in [0.25, 0.3) is 0 Å². The molecule has 4 nitrogen and oxygen atoms in total. The summed E-state index contributed by atoms with van der Waals surface area (Å²) >= 11 is 0. The number of benzene rings is 1. The zero-order valence-corrected chi connectivity index (χ0v) is 12.3. The Morgan fingerprint density at radius 1 is 0.769 bits per heavy atom. The maximum atomic E-state index is 14.0. The zero-order chi connectivity index (χ0) is 20.0. The first kappa shape index (κ1) is 19.6. The number of hydrogen-bond acceptors (Lipinski definition) is 4. The highest BCUT2D eigenvalue weighted by Gasteiger charge is 2.94. The van der Waals surface area contributed by atoms with Crippen LogP contribution in [0.4, 0.5) is 40.8 Å². The summed E-state index contributed by atoms with van der Waals surface area (Å²) in [5.41, 5.74) is -5.64. The van der Waals surface area contributed by atoms with E-state index in [0.29, 0.717) is 0 Å². The molecule has 1 aromatic carbocycles. The lowest BCUT2D eigenvalue weighted by Gasteiger charge is -2.49. The van der Waals surface area contributed by atoms with Gasteiger partial charge in [-0.15, -0.1) is 0 Å². The van der Waals surface area contributed by atoms with E-state index < -0.39 is 35.1 Å². The molecule has 1 aliphatic rings. The number of hydrogen-bond donors (Lipinski definition) is 0. The van der Waals surface area contributed by atoms with Gasteiger partial charge in [0.25, 0.3) is 5.41 Å². The number of nitriles is 2. The van der Waals surface area contributed by atoms with Crippen LogP contribution in [0.15, 0.2) is 40.6 Å². The lowest BCUT2D eigenvalue weighted by atomic mass is 9.64. The van der Waals surface area contributed by atoms with Crippen molar-refractivity contribution >= 4 is 5.69 Å². The third kappa shape index (κ3) is 2.11. The third-order valence-corrected chi connectivity index (χ3v) is 3.85. The van der Waals surface area contributed by atoms with Crippen LogP contribution in [-0.4, -0.2) is 29.7 Å². The molecule has 0 unspecified atom stereocenters. The average Bonchev–Trinajstić information content (AvgIpc) is 2.55. The van der Waals surface area contributed by atoms with Gasteiger partial charge in [0.1, 0.15) is 0 Å². The molecule has 1 saturated carbocycles. The van der Waals surface area contributed by atoms with Gasteiger partial charge in [0.2, 0.25) is 6.04 Å². The molecule has 12 heteroatoms. The molecule has 0 radical (unpaired) electrons. The van der Waals surface area contributed by atoms with E-state index in [2.05, 4.69) is 10.2 Å². The first-order chi connectivity index (χ1) is 11.8. The van der Waals surface area contributed by atoms with Crippen LogP contribution >= 0.6 is 0 Å². The average molecular weight is 382 g/mol. The monoisotopic (exact) mass is 382 g/mol. The maximum Gasteiger partial charge on any atom is 0.350 e. The molecule has 1 aliphatic carbocycles. The molecule has 138 valence electrons. The molecule has 0 atom stereocenters. The van der Waals surface area contributed by atoms with E-state index in [1.54, 1.807) is 0 Å². The van der Waals surface area contributed by atoms with Crippen molar-refractivity contribution in [2.45, 2.75) is 29.7 Å². The molecule has 0 bridgehead atoms. The standard InChI is InChI=1S/C14H6F8N4/c15-11(16)9(26-25-8-4-2-1-3-5-8)12(17,18)14(21,22)10(6-23,7-24)13(11,19)20/h1-5,9H. The quantitative estimate of drug-likeness (QED) is 0.548. The van der Waals surface area contributed by atoms with Crippen LogP contribution in [0.1, 0.15) is 0 Å². The Morgan fingerprint density at radius 2 is 1.19 bits per heavy atom. The first-order valence-corrected chi connectivity index (χ1v) is 6.63. The summed E-state index contributed by atoms with van der Waals surface area (Å²) in [5, 5.41) is 22.3. The molecule has 0 N–H and O–H groups in total. The number of halogens is 8. The maximum absolute atomic E-state index is 14.0. The summed E-state index contributed by atoms with van der Waals surface area (Å²) in [6.07, 6.45) is 0. The van der Waals surface area contributed by atoms with Crippen LogP contribution in [0.2, 0.25) is 0 Å². The molecule has 1 fully saturated rings. The Morgan fingerprint density at radius 3 is 1.58 bits per heavy atom. The Balaban J connectivity index is 2.71. The minimum Gasteiger partial charge on any atom is -0.197 e. The molecule has 0 saturated heterocycles. The van der Waals surface area contributed by atoms with Crippen molar-refractivity contribution in [2.75, 3.05) is 0 Å². The second-order valence-electron chi connectivity index (χ2n) is 5.32. The highest BCUT2D eigenvalue weighted by molar-refractivity contribution is 5.38. The highest BCUT2D eigenvalue weighted by atomic mass is 19.3. The summed E-state index contributed by atoms with van der Waals surface area (Å²) in [4.78, 5) is 0.